The molecule has 0 saturated heterocycles. The first-order chi connectivity index (χ1) is 9.19. The van der Waals surface area contributed by atoms with Gasteiger partial charge in [-0.3, -0.25) is 4.79 Å². The topological polar surface area (TPSA) is 48.4 Å². The maximum Gasteiger partial charge on any atom is 0.236 e. The first-order valence-electron chi connectivity index (χ1n) is 5.92. The molecule has 0 fully saturated rings. The van der Waals surface area contributed by atoms with E-state index in [2.05, 4.69) is 4.98 Å². The number of aromatic nitrogens is 1. The third-order valence-corrected chi connectivity index (χ3v) is 3.81. The van der Waals surface area contributed by atoms with Gasteiger partial charge in [0.25, 0.3) is 0 Å². The van der Waals surface area contributed by atoms with Gasteiger partial charge in [-0.05, 0) is 12.1 Å². The predicted molar refractivity (Wildman–Crippen MR) is 75.3 cm³/mol. The Morgan fingerprint density at radius 1 is 1.32 bits per heavy atom. The van der Waals surface area contributed by atoms with Gasteiger partial charge < -0.3 is 9.47 Å². The summed E-state index contributed by atoms with van der Waals surface area (Å²) in [7, 11) is 3.14. The second-order valence-corrected chi connectivity index (χ2v) is 4.87. The molecule has 1 aromatic carbocycles. The molecule has 0 atom stereocenters. The van der Waals surface area contributed by atoms with E-state index < -0.39 is 0 Å². The molecule has 0 unspecified atom stereocenters. The lowest BCUT2D eigenvalue weighted by Crippen LogP contribution is -1.96. The summed E-state index contributed by atoms with van der Waals surface area (Å²) in [5, 5.41) is 0.757. The molecule has 1 heterocycles. The van der Waals surface area contributed by atoms with Crippen LogP contribution in [0.1, 0.15) is 23.0 Å². The zero-order valence-electron chi connectivity index (χ0n) is 11.1. The largest absolute Gasteiger partial charge is 0.497 e. The zero-order chi connectivity index (χ0) is 13.8. The molecule has 1 aromatic heterocycles. The Kier molecular flexibility index (Phi) is 4.16. The highest BCUT2D eigenvalue weighted by atomic mass is 32.1. The van der Waals surface area contributed by atoms with Crippen molar-refractivity contribution in [3.8, 4) is 22.2 Å². The fourth-order valence-electron chi connectivity index (χ4n) is 1.66. The SMILES string of the molecule is CCC(=O)c1sc(-c2cccc(OC)c2)nc1OC. The smallest absolute Gasteiger partial charge is 0.236 e. The van der Waals surface area contributed by atoms with E-state index in [0.29, 0.717) is 17.2 Å². The molecule has 2 rings (SSSR count). The van der Waals surface area contributed by atoms with E-state index in [1.165, 1.54) is 18.4 Å². The molecule has 0 spiro atoms. The Hall–Kier alpha value is -1.88. The van der Waals surface area contributed by atoms with E-state index in [4.69, 9.17) is 9.47 Å². The standard InChI is InChI=1S/C14H15NO3S/c1-4-11(16)12-13(18-3)15-14(19-12)9-6-5-7-10(8-9)17-2/h5-8H,4H2,1-3H3. The minimum atomic E-state index is 0.0449. The first-order valence-corrected chi connectivity index (χ1v) is 6.73. The number of thiazole rings is 1. The second-order valence-electron chi connectivity index (χ2n) is 3.87. The number of benzene rings is 1. The number of carbonyl (C=O) groups excluding carboxylic acids is 1. The molecule has 0 N–H and O–H groups in total. The number of Topliss-reactive ketones (excluding diaryl/α,β-unsaturated/α-hetero) is 1. The van der Waals surface area contributed by atoms with Crippen molar-refractivity contribution in [2.75, 3.05) is 14.2 Å². The van der Waals surface area contributed by atoms with Crippen LogP contribution in [0.2, 0.25) is 0 Å². The molecular formula is C14H15NO3S. The van der Waals surface area contributed by atoms with Gasteiger partial charge in [-0.15, -0.1) is 11.3 Å². The Bertz CT molecular complexity index is 592. The average molecular weight is 277 g/mol. The number of methoxy groups -OCH3 is 2. The zero-order valence-corrected chi connectivity index (χ0v) is 11.9. The summed E-state index contributed by atoms with van der Waals surface area (Å²) in [5.41, 5.74) is 0.915. The number of hydrogen-bond donors (Lipinski definition) is 0. The summed E-state index contributed by atoms with van der Waals surface area (Å²) in [6.07, 6.45) is 0.441. The Morgan fingerprint density at radius 3 is 2.74 bits per heavy atom. The van der Waals surface area contributed by atoms with Crippen LogP contribution in [0.15, 0.2) is 24.3 Å². The van der Waals surface area contributed by atoms with Crippen molar-refractivity contribution in [2.45, 2.75) is 13.3 Å². The molecule has 0 aliphatic carbocycles. The number of ether oxygens (including phenoxy) is 2. The predicted octanol–water partition coefficient (Wildman–Crippen LogP) is 3.42. The third kappa shape index (κ3) is 2.76. The minimum absolute atomic E-state index is 0.0449. The molecule has 4 nitrogen and oxygen atoms in total. The lowest BCUT2D eigenvalue weighted by Gasteiger charge is -2.00. The van der Waals surface area contributed by atoms with Crippen LogP contribution in [0.3, 0.4) is 0 Å². The maximum atomic E-state index is 11.8. The summed E-state index contributed by atoms with van der Waals surface area (Å²) < 4.78 is 10.4. The van der Waals surface area contributed by atoms with Gasteiger partial charge in [0.1, 0.15) is 15.6 Å². The molecule has 0 amide bonds. The lowest BCUT2D eigenvalue weighted by molar-refractivity contribution is 0.0989. The van der Waals surface area contributed by atoms with Gasteiger partial charge in [0.2, 0.25) is 5.88 Å². The van der Waals surface area contributed by atoms with Gasteiger partial charge >= 0.3 is 0 Å². The molecule has 5 heteroatoms. The van der Waals surface area contributed by atoms with Crippen molar-refractivity contribution in [3.63, 3.8) is 0 Å². The quantitative estimate of drug-likeness (QED) is 0.786. The number of ketones is 1. The van der Waals surface area contributed by atoms with Crippen LogP contribution in [0, 0.1) is 0 Å². The molecule has 19 heavy (non-hydrogen) atoms. The first kappa shape index (κ1) is 13.5. The van der Waals surface area contributed by atoms with E-state index in [1.54, 1.807) is 7.11 Å². The minimum Gasteiger partial charge on any atom is -0.497 e. The number of hydrogen-bond acceptors (Lipinski definition) is 5. The van der Waals surface area contributed by atoms with E-state index in [0.717, 1.165) is 16.3 Å². The fourth-order valence-corrected chi connectivity index (χ4v) is 2.70. The summed E-state index contributed by atoms with van der Waals surface area (Å²) in [6, 6.07) is 7.58. The number of carbonyl (C=O) groups is 1. The van der Waals surface area contributed by atoms with E-state index in [-0.39, 0.29) is 5.78 Å². The van der Waals surface area contributed by atoms with Gasteiger partial charge in [-0.25, -0.2) is 4.98 Å². The van der Waals surface area contributed by atoms with Crippen molar-refractivity contribution in [3.05, 3.63) is 29.1 Å². The monoisotopic (exact) mass is 277 g/mol. The molecule has 0 radical (unpaired) electrons. The molecule has 2 aromatic rings. The maximum absolute atomic E-state index is 11.8. The van der Waals surface area contributed by atoms with E-state index >= 15 is 0 Å². The summed E-state index contributed by atoms with van der Waals surface area (Å²) >= 11 is 1.35. The summed E-state index contributed by atoms with van der Waals surface area (Å²) in [4.78, 5) is 16.8. The number of nitrogens with zero attached hydrogens (tertiary/aromatic N) is 1. The highest BCUT2D eigenvalue weighted by molar-refractivity contribution is 7.17. The van der Waals surface area contributed by atoms with Crippen LogP contribution in [0.5, 0.6) is 11.6 Å². The van der Waals surface area contributed by atoms with Crippen LogP contribution >= 0.6 is 11.3 Å². The van der Waals surface area contributed by atoms with Crippen LogP contribution in [0.4, 0.5) is 0 Å². The fraction of sp³-hybridized carbons (Fsp3) is 0.286. The van der Waals surface area contributed by atoms with E-state index in [9.17, 15) is 4.79 Å². The van der Waals surface area contributed by atoms with Gasteiger partial charge in [0.05, 0.1) is 14.2 Å². The normalized spacial score (nSPS) is 10.3. The average Bonchev–Trinajstić information content (AvgIpc) is 2.90. The third-order valence-electron chi connectivity index (χ3n) is 2.68. The Balaban J connectivity index is 2.45. The highest BCUT2D eigenvalue weighted by Crippen LogP contribution is 2.34. The molecule has 100 valence electrons. The highest BCUT2D eigenvalue weighted by Gasteiger charge is 2.18. The molecule has 0 saturated carbocycles. The van der Waals surface area contributed by atoms with Gasteiger partial charge in [0.15, 0.2) is 5.78 Å². The summed E-state index contributed by atoms with van der Waals surface area (Å²) in [5.74, 6) is 1.20. The molecule has 0 aliphatic heterocycles. The van der Waals surface area contributed by atoms with Crippen molar-refractivity contribution in [2.24, 2.45) is 0 Å². The second kappa shape index (κ2) is 5.84. The Labute approximate surface area is 116 Å². The van der Waals surface area contributed by atoms with Crippen molar-refractivity contribution in [1.82, 2.24) is 4.98 Å². The van der Waals surface area contributed by atoms with E-state index in [1.807, 2.05) is 31.2 Å². The molecular weight excluding hydrogens is 262 g/mol. The number of rotatable bonds is 5. The van der Waals surface area contributed by atoms with Gasteiger partial charge in [-0.1, -0.05) is 19.1 Å². The van der Waals surface area contributed by atoms with Crippen LogP contribution in [0.25, 0.3) is 10.6 Å². The van der Waals surface area contributed by atoms with Crippen molar-refractivity contribution in [1.29, 1.82) is 0 Å². The molecule has 0 aliphatic rings. The van der Waals surface area contributed by atoms with Crippen LogP contribution in [-0.2, 0) is 0 Å². The van der Waals surface area contributed by atoms with Crippen LogP contribution < -0.4 is 9.47 Å². The van der Waals surface area contributed by atoms with Crippen molar-refractivity contribution >= 4 is 17.1 Å². The summed E-state index contributed by atoms with van der Waals surface area (Å²) in [6.45, 7) is 1.83. The Morgan fingerprint density at radius 2 is 2.11 bits per heavy atom. The molecule has 0 bridgehead atoms. The van der Waals surface area contributed by atoms with Gasteiger partial charge in [-0.2, -0.15) is 0 Å². The van der Waals surface area contributed by atoms with Crippen molar-refractivity contribution < 1.29 is 14.3 Å². The van der Waals surface area contributed by atoms with Crippen LogP contribution in [-0.4, -0.2) is 25.0 Å². The lowest BCUT2D eigenvalue weighted by atomic mass is 10.2. The van der Waals surface area contributed by atoms with Gasteiger partial charge in [0, 0.05) is 12.0 Å².